The Bertz CT molecular complexity index is 449. The highest BCUT2D eigenvalue weighted by atomic mass is 16.2. The van der Waals surface area contributed by atoms with Gasteiger partial charge in [0.2, 0.25) is 5.91 Å². The largest absolute Gasteiger partial charge is 0.394 e. The number of nitrogens with two attached hydrogens (primary N) is 1. The highest BCUT2D eigenvalue weighted by Gasteiger charge is 2.41. The second kappa shape index (κ2) is 3.87. The normalized spacial score (nSPS) is 27.8. The molecule has 3 rings (SSSR count). The number of rotatable bonds is 1. The van der Waals surface area contributed by atoms with Gasteiger partial charge in [-0.1, -0.05) is 0 Å². The van der Waals surface area contributed by atoms with E-state index in [9.17, 15) is 4.79 Å². The lowest BCUT2D eigenvalue weighted by molar-refractivity contribution is -0.122. The fraction of sp³-hybridized carbons (Fsp3) is 0.545. The van der Waals surface area contributed by atoms with Crippen molar-refractivity contribution in [1.82, 2.24) is 15.3 Å². The molecule has 6 nitrogen and oxygen atoms in total. The van der Waals surface area contributed by atoms with E-state index in [0.717, 1.165) is 25.2 Å². The second-order valence-corrected chi connectivity index (χ2v) is 4.56. The molecule has 0 aliphatic carbocycles. The maximum atomic E-state index is 11.7. The third kappa shape index (κ3) is 1.60. The average Bonchev–Trinajstić information content (AvgIpc) is 2.72. The van der Waals surface area contributed by atoms with Crippen molar-refractivity contribution in [2.24, 2.45) is 5.92 Å². The van der Waals surface area contributed by atoms with Gasteiger partial charge in [-0.3, -0.25) is 4.79 Å². The fourth-order valence-corrected chi connectivity index (χ4v) is 2.79. The Morgan fingerprint density at radius 2 is 2.41 bits per heavy atom. The van der Waals surface area contributed by atoms with Crippen molar-refractivity contribution >= 4 is 17.4 Å². The molecule has 0 spiro atoms. The Morgan fingerprint density at radius 1 is 1.53 bits per heavy atom. The second-order valence-electron chi connectivity index (χ2n) is 4.56. The molecule has 6 heteroatoms. The van der Waals surface area contributed by atoms with Crippen LogP contribution in [0.2, 0.25) is 0 Å². The molecule has 17 heavy (non-hydrogen) atoms. The highest BCUT2D eigenvalue weighted by Crippen LogP contribution is 2.32. The predicted molar refractivity (Wildman–Crippen MR) is 63.3 cm³/mol. The molecule has 90 valence electrons. The molecule has 1 amide bonds. The van der Waals surface area contributed by atoms with E-state index in [1.165, 1.54) is 6.33 Å². The first-order chi connectivity index (χ1) is 8.27. The van der Waals surface area contributed by atoms with E-state index in [2.05, 4.69) is 20.2 Å². The number of carbonyl (C=O) groups excluding carboxylic acids is 1. The Morgan fingerprint density at radius 3 is 3.24 bits per heavy atom. The molecule has 0 radical (unpaired) electrons. The van der Waals surface area contributed by atoms with Gasteiger partial charge in [-0.05, 0) is 12.8 Å². The van der Waals surface area contributed by atoms with E-state index >= 15 is 0 Å². The van der Waals surface area contributed by atoms with Crippen LogP contribution >= 0.6 is 0 Å². The first-order valence-corrected chi connectivity index (χ1v) is 5.87. The van der Waals surface area contributed by atoms with E-state index < -0.39 is 0 Å². The number of aromatic nitrogens is 2. The minimum Gasteiger partial charge on any atom is -0.394 e. The number of piperidine rings is 1. The maximum absolute atomic E-state index is 11.7. The Balaban J connectivity index is 1.93. The van der Waals surface area contributed by atoms with E-state index in [-0.39, 0.29) is 17.9 Å². The number of hydrogen-bond acceptors (Lipinski definition) is 5. The number of hydrogen-bond donors (Lipinski definition) is 2. The zero-order chi connectivity index (χ0) is 11.8. The van der Waals surface area contributed by atoms with E-state index in [4.69, 9.17) is 5.73 Å². The van der Waals surface area contributed by atoms with Gasteiger partial charge in [-0.2, -0.15) is 0 Å². The Kier molecular flexibility index (Phi) is 2.35. The van der Waals surface area contributed by atoms with Crippen LogP contribution in [-0.2, 0) is 4.79 Å². The molecule has 3 heterocycles. The van der Waals surface area contributed by atoms with Gasteiger partial charge in [-0.15, -0.1) is 0 Å². The van der Waals surface area contributed by atoms with Gasteiger partial charge in [0, 0.05) is 13.1 Å². The van der Waals surface area contributed by atoms with Crippen molar-refractivity contribution in [3.8, 4) is 0 Å². The number of amides is 1. The van der Waals surface area contributed by atoms with Crippen LogP contribution in [0.15, 0.2) is 12.5 Å². The van der Waals surface area contributed by atoms with Crippen molar-refractivity contribution in [2.75, 3.05) is 23.7 Å². The lowest BCUT2D eigenvalue weighted by Crippen LogP contribution is -2.46. The summed E-state index contributed by atoms with van der Waals surface area (Å²) in [6.07, 6.45) is 5.06. The Hall–Kier alpha value is -1.85. The highest BCUT2D eigenvalue weighted by molar-refractivity contribution is 5.83. The van der Waals surface area contributed by atoms with Gasteiger partial charge in [0.15, 0.2) is 5.82 Å². The van der Waals surface area contributed by atoms with Gasteiger partial charge in [-0.25, -0.2) is 9.97 Å². The monoisotopic (exact) mass is 233 g/mol. The molecule has 2 aliphatic heterocycles. The van der Waals surface area contributed by atoms with Crippen molar-refractivity contribution in [1.29, 1.82) is 0 Å². The van der Waals surface area contributed by atoms with Gasteiger partial charge in [0.25, 0.3) is 0 Å². The smallest absolute Gasteiger partial charge is 0.225 e. The first kappa shape index (κ1) is 10.3. The molecular weight excluding hydrogens is 218 g/mol. The minimum atomic E-state index is 0.0816. The molecule has 0 saturated carbocycles. The molecule has 1 aromatic heterocycles. The van der Waals surface area contributed by atoms with Crippen LogP contribution in [0.1, 0.15) is 12.8 Å². The van der Waals surface area contributed by atoms with Crippen LogP contribution < -0.4 is 16.0 Å². The zero-order valence-electron chi connectivity index (χ0n) is 9.47. The van der Waals surface area contributed by atoms with Crippen LogP contribution in [0.25, 0.3) is 0 Å². The zero-order valence-corrected chi connectivity index (χ0v) is 9.47. The summed E-state index contributed by atoms with van der Waals surface area (Å²) in [5, 5.41) is 2.92. The van der Waals surface area contributed by atoms with Crippen LogP contribution in [0.4, 0.5) is 11.5 Å². The maximum Gasteiger partial charge on any atom is 0.225 e. The lowest BCUT2D eigenvalue weighted by atomic mass is 9.91. The van der Waals surface area contributed by atoms with Crippen molar-refractivity contribution in [3.63, 3.8) is 0 Å². The van der Waals surface area contributed by atoms with Gasteiger partial charge < -0.3 is 16.0 Å². The summed E-state index contributed by atoms with van der Waals surface area (Å²) in [6, 6.07) is 0.188. The number of nitrogens with zero attached hydrogens (tertiary/aromatic N) is 3. The summed E-state index contributed by atoms with van der Waals surface area (Å²) < 4.78 is 0. The van der Waals surface area contributed by atoms with E-state index in [1.807, 2.05) is 0 Å². The first-order valence-electron chi connectivity index (χ1n) is 5.87. The molecular formula is C11H15N5O. The number of carbonyl (C=O) groups is 1. The number of nitrogens with one attached hydrogen (secondary N) is 1. The standard InChI is InChI=1S/C11H15N5O/c12-8-4-13-6-15-10(8)16-3-1-2-7-9(16)5-14-11(7)17/h4,6-7,9H,1-3,5,12H2,(H,14,17). The molecule has 2 atom stereocenters. The third-order valence-corrected chi connectivity index (χ3v) is 3.59. The Labute approximate surface area is 99.2 Å². The predicted octanol–water partition coefficient (Wildman–Crippen LogP) is -0.226. The minimum absolute atomic E-state index is 0.0816. The topological polar surface area (TPSA) is 84.1 Å². The van der Waals surface area contributed by atoms with Crippen LogP contribution in [0, 0.1) is 5.92 Å². The van der Waals surface area contributed by atoms with E-state index in [0.29, 0.717) is 12.2 Å². The van der Waals surface area contributed by atoms with Crippen LogP contribution in [-0.4, -0.2) is 35.0 Å². The molecule has 2 aliphatic rings. The number of nitrogen functional groups attached to an aromatic ring is 1. The van der Waals surface area contributed by atoms with Gasteiger partial charge >= 0.3 is 0 Å². The molecule has 2 saturated heterocycles. The molecule has 3 N–H and O–H groups in total. The SMILES string of the molecule is Nc1cncnc1N1CCCC2C(=O)NCC21. The van der Waals surface area contributed by atoms with Crippen LogP contribution in [0.3, 0.4) is 0 Å². The quantitative estimate of drug-likeness (QED) is 0.700. The third-order valence-electron chi connectivity index (χ3n) is 3.59. The summed E-state index contributed by atoms with van der Waals surface area (Å²) in [4.78, 5) is 21.9. The van der Waals surface area contributed by atoms with Crippen molar-refractivity contribution in [2.45, 2.75) is 18.9 Å². The lowest BCUT2D eigenvalue weighted by Gasteiger charge is -2.37. The van der Waals surface area contributed by atoms with Gasteiger partial charge in [0.05, 0.1) is 23.8 Å². The molecule has 2 unspecified atom stereocenters. The summed E-state index contributed by atoms with van der Waals surface area (Å²) >= 11 is 0. The van der Waals surface area contributed by atoms with Crippen molar-refractivity contribution < 1.29 is 4.79 Å². The van der Waals surface area contributed by atoms with Crippen molar-refractivity contribution in [3.05, 3.63) is 12.5 Å². The molecule has 2 fully saturated rings. The summed E-state index contributed by atoms with van der Waals surface area (Å²) in [5.41, 5.74) is 6.47. The average molecular weight is 233 g/mol. The molecule has 0 bridgehead atoms. The van der Waals surface area contributed by atoms with Crippen LogP contribution in [0.5, 0.6) is 0 Å². The summed E-state index contributed by atoms with van der Waals surface area (Å²) in [5.74, 6) is 0.997. The summed E-state index contributed by atoms with van der Waals surface area (Å²) in [7, 11) is 0. The number of anilines is 2. The fourth-order valence-electron chi connectivity index (χ4n) is 2.79. The molecule has 1 aromatic rings. The molecule has 0 aromatic carbocycles. The van der Waals surface area contributed by atoms with Gasteiger partial charge in [0.1, 0.15) is 6.33 Å². The summed E-state index contributed by atoms with van der Waals surface area (Å²) in [6.45, 7) is 1.59. The number of fused-ring (bicyclic) bond motifs is 1. The van der Waals surface area contributed by atoms with E-state index in [1.54, 1.807) is 6.20 Å².